The summed E-state index contributed by atoms with van der Waals surface area (Å²) in [5, 5.41) is 13.0. The lowest BCUT2D eigenvalue weighted by atomic mass is 9.86. The van der Waals surface area contributed by atoms with Crippen LogP contribution in [0.2, 0.25) is 0 Å². The predicted molar refractivity (Wildman–Crippen MR) is 115 cm³/mol. The number of aromatic hydroxyl groups is 1. The van der Waals surface area contributed by atoms with Gasteiger partial charge >= 0.3 is 0 Å². The number of hydrogen-bond acceptors (Lipinski definition) is 6. The van der Waals surface area contributed by atoms with Crippen molar-refractivity contribution in [2.75, 3.05) is 12.4 Å². The maximum absolute atomic E-state index is 12.9. The molecular formula is C22H21N3O4S. The van der Waals surface area contributed by atoms with Crippen LogP contribution in [0.4, 0.5) is 5.82 Å². The first-order chi connectivity index (χ1) is 14.5. The van der Waals surface area contributed by atoms with Crippen molar-refractivity contribution >= 4 is 23.5 Å². The van der Waals surface area contributed by atoms with Crippen molar-refractivity contribution in [1.82, 2.24) is 9.97 Å². The van der Waals surface area contributed by atoms with Crippen LogP contribution in [-0.4, -0.2) is 28.1 Å². The fourth-order valence-electron chi connectivity index (χ4n) is 3.53. The Bertz CT molecular complexity index is 1180. The van der Waals surface area contributed by atoms with E-state index in [0.29, 0.717) is 22.0 Å². The normalized spacial score (nSPS) is 15.4. The number of aromatic nitrogens is 2. The van der Waals surface area contributed by atoms with Crippen LogP contribution in [0.25, 0.3) is 0 Å². The SMILES string of the molecule is COc1cc([C@H]2CC(=O)Nc3nc(SCc4ccccc4C)[nH]c(=O)c32)ccc1O. The summed E-state index contributed by atoms with van der Waals surface area (Å²) in [4.78, 5) is 32.6. The van der Waals surface area contributed by atoms with Gasteiger partial charge in [0.25, 0.3) is 5.56 Å². The summed E-state index contributed by atoms with van der Waals surface area (Å²) in [5.41, 5.74) is 3.14. The van der Waals surface area contributed by atoms with E-state index in [2.05, 4.69) is 15.3 Å². The molecule has 2 aromatic carbocycles. The van der Waals surface area contributed by atoms with Gasteiger partial charge in [-0.1, -0.05) is 42.1 Å². The van der Waals surface area contributed by atoms with Crippen molar-refractivity contribution in [3.63, 3.8) is 0 Å². The molecule has 2 heterocycles. The highest BCUT2D eigenvalue weighted by Crippen LogP contribution is 2.38. The van der Waals surface area contributed by atoms with Crippen molar-refractivity contribution < 1.29 is 14.6 Å². The van der Waals surface area contributed by atoms with Gasteiger partial charge in [0.15, 0.2) is 16.7 Å². The molecule has 1 atom stereocenters. The monoisotopic (exact) mass is 423 g/mol. The molecule has 0 spiro atoms. The van der Waals surface area contributed by atoms with Crippen LogP contribution in [0, 0.1) is 6.92 Å². The zero-order valence-electron chi connectivity index (χ0n) is 16.6. The van der Waals surface area contributed by atoms with Gasteiger partial charge in [-0.15, -0.1) is 0 Å². The molecule has 0 aliphatic carbocycles. The van der Waals surface area contributed by atoms with Gasteiger partial charge in [-0.2, -0.15) is 0 Å². The lowest BCUT2D eigenvalue weighted by Crippen LogP contribution is -2.31. The molecule has 0 bridgehead atoms. The zero-order valence-corrected chi connectivity index (χ0v) is 17.4. The van der Waals surface area contributed by atoms with Crippen LogP contribution in [0.5, 0.6) is 11.5 Å². The second kappa shape index (κ2) is 8.23. The number of methoxy groups -OCH3 is 1. The molecule has 30 heavy (non-hydrogen) atoms. The lowest BCUT2D eigenvalue weighted by molar-refractivity contribution is -0.116. The van der Waals surface area contributed by atoms with Gasteiger partial charge in [0.2, 0.25) is 5.91 Å². The molecule has 0 unspecified atom stereocenters. The number of benzene rings is 2. The number of rotatable bonds is 5. The van der Waals surface area contributed by atoms with E-state index < -0.39 is 5.92 Å². The molecule has 0 fully saturated rings. The van der Waals surface area contributed by atoms with Crippen LogP contribution < -0.4 is 15.6 Å². The number of fused-ring (bicyclic) bond motifs is 1. The number of phenolic OH excluding ortho intramolecular Hbond substituents is 1. The highest BCUT2D eigenvalue weighted by molar-refractivity contribution is 7.98. The standard InChI is InChI=1S/C22H21N3O4S/c1-12-5-3-4-6-14(12)11-30-22-24-20-19(21(28)25-22)15(10-18(27)23-20)13-7-8-16(26)17(9-13)29-2/h3-9,15,26H,10-11H2,1-2H3,(H2,23,24,25,27,28)/t15-/m1/s1. The maximum Gasteiger partial charge on any atom is 0.257 e. The Morgan fingerprint density at radius 3 is 2.80 bits per heavy atom. The van der Waals surface area contributed by atoms with Crippen LogP contribution in [0.1, 0.15) is 34.6 Å². The Labute approximate surface area is 177 Å². The Kier molecular flexibility index (Phi) is 5.50. The number of thioether (sulfide) groups is 1. The number of anilines is 1. The average Bonchev–Trinajstić information content (AvgIpc) is 2.72. The average molecular weight is 423 g/mol. The fourth-order valence-corrected chi connectivity index (χ4v) is 4.47. The number of aromatic amines is 1. The number of carbonyl (C=O) groups is 1. The van der Waals surface area contributed by atoms with E-state index >= 15 is 0 Å². The maximum atomic E-state index is 12.9. The summed E-state index contributed by atoms with van der Waals surface area (Å²) >= 11 is 1.41. The number of H-pyrrole nitrogens is 1. The number of nitrogens with zero attached hydrogens (tertiary/aromatic N) is 1. The highest BCUT2D eigenvalue weighted by Gasteiger charge is 2.31. The highest BCUT2D eigenvalue weighted by atomic mass is 32.2. The first-order valence-electron chi connectivity index (χ1n) is 9.44. The van der Waals surface area contributed by atoms with E-state index in [1.807, 2.05) is 31.2 Å². The molecule has 8 heteroatoms. The molecular weight excluding hydrogens is 402 g/mol. The van der Waals surface area contributed by atoms with Crippen molar-refractivity contribution in [1.29, 1.82) is 0 Å². The van der Waals surface area contributed by atoms with Crippen molar-refractivity contribution in [2.45, 2.75) is 30.2 Å². The number of nitrogens with one attached hydrogen (secondary N) is 2. The molecule has 1 aromatic heterocycles. The van der Waals surface area contributed by atoms with Gasteiger partial charge in [0.05, 0.1) is 12.7 Å². The minimum absolute atomic E-state index is 0.00303. The Balaban J connectivity index is 1.68. The first-order valence-corrected chi connectivity index (χ1v) is 10.4. The molecule has 3 aromatic rings. The molecule has 1 aliphatic rings. The molecule has 1 amide bonds. The van der Waals surface area contributed by atoms with E-state index in [1.165, 1.54) is 30.5 Å². The van der Waals surface area contributed by atoms with Gasteiger partial charge in [-0.3, -0.25) is 9.59 Å². The fraction of sp³-hybridized carbons (Fsp3) is 0.227. The summed E-state index contributed by atoms with van der Waals surface area (Å²) < 4.78 is 5.17. The number of hydrogen-bond donors (Lipinski definition) is 3. The quantitative estimate of drug-likeness (QED) is 0.428. The Hall–Kier alpha value is -3.26. The second-order valence-corrected chi connectivity index (χ2v) is 8.05. The number of carbonyl (C=O) groups excluding carboxylic acids is 1. The van der Waals surface area contributed by atoms with Crippen LogP contribution in [0.3, 0.4) is 0 Å². The summed E-state index contributed by atoms with van der Waals surface area (Å²) in [7, 11) is 1.45. The van der Waals surface area contributed by atoms with E-state index in [1.54, 1.807) is 12.1 Å². The van der Waals surface area contributed by atoms with Crippen LogP contribution >= 0.6 is 11.8 Å². The Morgan fingerprint density at radius 1 is 1.23 bits per heavy atom. The second-order valence-electron chi connectivity index (χ2n) is 7.08. The molecule has 154 valence electrons. The summed E-state index contributed by atoms with van der Waals surface area (Å²) in [5.74, 6) is 0.522. The number of phenols is 1. The van der Waals surface area contributed by atoms with Crippen molar-refractivity contribution in [2.24, 2.45) is 0 Å². The van der Waals surface area contributed by atoms with Gasteiger partial charge in [-0.05, 0) is 35.7 Å². The minimum atomic E-state index is -0.477. The van der Waals surface area contributed by atoms with E-state index in [-0.39, 0.29) is 35.2 Å². The Morgan fingerprint density at radius 2 is 2.03 bits per heavy atom. The summed E-state index contributed by atoms with van der Waals surface area (Å²) in [6.07, 6.45) is 0.112. The molecule has 3 N–H and O–H groups in total. The van der Waals surface area contributed by atoms with Crippen molar-refractivity contribution in [3.8, 4) is 11.5 Å². The smallest absolute Gasteiger partial charge is 0.257 e. The lowest BCUT2D eigenvalue weighted by Gasteiger charge is -2.25. The van der Waals surface area contributed by atoms with Gasteiger partial charge in [-0.25, -0.2) is 4.98 Å². The summed E-state index contributed by atoms with van der Waals surface area (Å²) in [6, 6.07) is 12.9. The van der Waals surface area contributed by atoms with E-state index in [4.69, 9.17) is 4.74 Å². The molecule has 4 rings (SSSR count). The third-order valence-corrected chi connectivity index (χ3v) is 6.08. The molecule has 7 nitrogen and oxygen atoms in total. The van der Waals surface area contributed by atoms with Crippen molar-refractivity contribution in [3.05, 3.63) is 75.1 Å². The largest absolute Gasteiger partial charge is 0.504 e. The number of aryl methyl sites for hydroxylation is 1. The van der Waals surface area contributed by atoms with Crippen LogP contribution in [0.15, 0.2) is 52.4 Å². The topological polar surface area (TPSA) is 104 Å². The third kappa shape index (κ3) is 3.91. The molecule has 0 saturated heterocycles. The first kappa shape index (κ1) is 20.0. The predicted octanol–water partition coefficient (Wildman–Crippen LogP) is 3.56. The van der Waals surface area contributed by atoms with E-state index in [0.717, 1.165) is 5.56 Å². The van der Waals surface area contributed by atoms with Gasteiger partial charge < -0.3 is 20.1 Å². The van der Waals surface area contributed by atoms with Gasteiger partial charge in [0.1, 0.15) is 5.82 Å². The number of ether oxygens (including phenoxy) is 1. The zero-order chi connectivity index (χ0) is 21.3. The molecule has 0 radical (unpaired) electrons. The number of amides is 1. The minimum Gasteiger partial charge on any atom is -0.504 e. The third-order valence-electron chi connectivity index (χ3n) is 5.16. The molecule has 0 saturated carbocycles. The van der Waals surface area contributed by atoms with Crippen LogP contribution in [-0.2, 0) is 10.5 Å². The van der Waals surface area contributed by atoms with E-state index in [9.17, 15) is 14.7 Å². The molecule has 1 aliphatic heterocycles. The summed E-state index contributed by atoms with van der Waals surface area (Å²) in [6.45, 7) is 2.04. The van der Waals surface area contributed by atoms with Gasteiger partial charge in [0, 0.05) is 18.1 Å².